The van der Waals surface area contributed by atoms with E-state index in [-0.39, 0.29) is 24.7 Å². The van der Waals surface area contributed by atoms with Crippen LogP contribution in [0.15, 0.2) is 73.3 Å². The van der Waals surface area contributed by atoms with E-state index < -0.39 is 35.9 Å². The molecule has 192 valence electrons. The van der Waals surface area contributed by atoms with Crippen molar-refractivity contribution in [3.8, 4) is 0 Å². The van der Waals surface area contributed by atoms with Gasteiger partial charge in [0.15, 0.2) is 0 Å². The summed E-state index contributed by atoms with van der Waals surface area (Å²) in [6.07, 6.45) is 2.26. The van der Waals surface area contributed by atoms with Gasteiger partial charge < -0.3 is 20.7 Å². The fourth-order valence-corrected chi connectivity index (χ4v) is 3.66. The maximum absolute atomic E-state index is 13.2. The number of hydrogen-bond acceptors (Lipinski definition) is 5. The van der Waals surface area contributed by atoms with Gasteiger partial charge in [-0.2, -0.15) is 0 Å². The first-order valence-electron chi connectivity index (χ1n) is 11.9. The lowest BCUT2D eigenvalue weighted by Crippen LogP contribution is -2.56. The number of methoxy groups -OCH3 is 1. The highest BCUT2D eigenvalue weighted by Gasteiger charge is 2.30. The highest BCUT2D eigenvalue weighted by molar-refractivity contribution is 5.98. The Balaban J connectivity index is 2.14. The summed E-state index contributed by atoms with van der Waals surface area (Å²) in [6, 6.07) is 15.1. The van der Waals surface area contributed by atoms with Gasteiger partial charge in [-0.15, -0.1) is 6.58 Å². The molecule has 0 saturated heterocycles. The first-order valence-corrected chi connectivity index (χ1v) is 11.9. The van der Waals surface area contributed by atoms with E-state index in [2.05, 4.69) is 22.5 Å². The normalized spacial score (nSPS) is 13.1. The molecule has 8 heteroatoms. The Hall–Kier alpha value is -3.94. The maximum atomic E-state index is 13.2. The molecule has 0 spiro atoms. The van der Waals surface area contributed by atoms with Gasteiger partial charge in [-0.1, -0.05) is 68.5 Å². The number of amides is 3. The van der Waals surface area contributed by atoms with Gasteiger partial charge >= 0.3 is 5.97 Å². The molecule has 1 unspecified atom stereocenters. The zero-order valence-electron chi connectivity index (χ0n) is 21.0. The zero-order chi connectivity index (χ0) is 26.5. The molecular formula is C28H35N3O5. The van der Waals surface area contributed by atoms with Gasteiger partial charge in [0.2, 0.25) is 11.8 Å². The molecule has 0 fully saturated rings. The lowest BCUT2D eigenvalue weighted by Gasteiger charge is -2.25. The van der Waals surface area contributed by atoms with Gasteiger partial charge in [0.25, 0.3) is 5.91 Å². The number of hydrogen-bond donors (Lipinski definition) is 3. The topological polar surface area (TPSA) is 114 Å². The number of esters is 1. The van der Waals surface area contributed by atoms with Crippen molar-refractivity contribution in [2.45, 2.75) is 51.2 Å². The van der Waals surface area contributed by atoms with Crippen LogP contribution in [-0.2, 0) is 25.5 Å². The fraction of sp³-hybridized carbons (Fsp3) is 0.357. The molecule has 3 atom stereocenters. The molecule has 0 radical (unpaired) electrons. The van der Waals surface area contributed by atoms with Crippen LogP contribution in [0, 0.1) is 5.92 Å². The summed E-state index contributed by atoms with van der Waals surface area (Å²) in [5.41, 5.74) is 1.28. The third kappa shape index (κ3) is 9.02. The Morgan fingerprint density at radius 1 is 0.833 bits per heavy atom. The minimum atomic E-state index is -0.985. The molecule has 0 bridgehead atoms. The van der Waals surface area contributed by atoms with Crippen molar-refractivity contribution >= 4 is 23.7 Å². The fourth-order valence-electron chi connectivity index (χ4n) is 3.66. The second kappa shape index (κ2) is 14.5. The lowest BCUT2D eigenvalue weighted by atomic mass is 10.0. The van der Waals surface area contributed by atoms with E-state index in [0.717, 1.165) is 5.56 Å². The van der Waals surface area contributed by atoms with Crippen LogP contribution in [0.1, 0.15) is 42.6 Å². The van der Waals surface area contributed by atoms with E-state index in [1.165, 1.54) is 13.2 Å². The predicted octanol–water partition coefficient (Wildman–Crippen LogP) is 2.79. The summed E-state index contributed by atoms with van der Waals surface area (Å²) in [7, 11) is 1.25. The van der Waals surface area contributed by atoms with Crippen molar-refractivity contribution < 1.29 is 23.9 Å². The van der Waals surface area contributed by atoms with E-state index in [4.69, 9.17) is 4.74 Å². The van der Waals surface area contributed by atoms with E-state index in [1.807, 2.05) is 44.2 Å². The first-order chi connectivity index (χ1) is 17.2. The molecule has 8 nitrogen and oxygen atoms in total. The Bertz CT molecular complexity index is 1020. The Morgan fingerprint density at radius 3 is 1.94 bits per heavy atom. The average molecular weight is 494 g/mol. The third-order valence-corrected chi connectivity index (χ3v) is 5.49. The predicted molar refractivity (Wildman–Crippen MR) is 138 cm³/mol. The minimum Gasteiger partial charge on any atom is -0.467 e. The number of carbonyl (C=O) groups is 4. The second-order valence-electron chi connectivity index (χ2n) is 8.88. The Morgan fingerprint density at radius 2 is 1.39 bits per heavy atom. The molecule has 0 aliphatic carbocycles. The van der Waals surface area contributed by atoms with Crippen LogP contribution in [0.4, 0.5) is 0 Å². The summed E-state index contributed by atoms with van der Waals surface area (Å²) < 4.78 is 4.87. The number of benzene rings is 2. The van der Waals surface area contributed by atoms with Gasteiger partial charge in [0.1, 0.15) is 18.1 Å². The van der Waals surface area contributed by atoms with Crippen LogP contribution >= 0.6 is 0 Å². The second-order valence-corrected chi connectivity index (χ2v) is 8.88. The molecule has 0 aliphatic rings. The molecule has 0 aromatic heterocycles. The molecule has 2 aromatic rings. The van der Waals surface area contributed by atoms with Crippen LogP contribution in [0.3, 0.4) is 0 Å². The van der Waals surface area contributed by atoms with Crippen molar-refractivity contribution in [2.24, 2.45) is 5.92 Å². The first kappa shape index (κ1) is 28.3. The molecule has 0 aliphatic heterocycles. The van der Waals surface area contributed by atoms with Gasteiger partial charge in [0.05, 0.1) is 7.11 Å². The van der Waals surface area contributed by atoms with Crippen molar-refractivity contribution in [1.82, 2.24) is 16.0 Å². The zero-order valence-corrected chi connectivity index (χ0v) is 21.0. The molecule has 3 amide bonds. The SMILES string of the molecule is C=CCC(NC(=O)[C@H](CC(C)C)NC(=O)c1ccccc1)C(=O)N[C@@H](Cc1ccccc1)C(=O)OC. The minimum absolute atomic E-state index is 0.109. The van der Waals surface area contributed by atoms with Crippen molar-refractivity contribution in [3.63, 3.8) is 0 Å². The summed E-state index contributed by atoms with van der Waals surface area (Å²) in [5, 5.41) is 8.18. The molecule has 2 aromatic carbocycles. The molecule has 2 rings (SSSR count). The summed E-state index contributed by atoms with van der Waals surface area (Å²) >= 11 is 0. The molecule has 0 saturated carbocycles. The van der Waals surface area contributed by atoms with Crippen molar-refractivity contribution in [1.29, 1.82) is 0 Å². The van der Waals surface area contributed by atoms with E-state index in [9.17, 15) is 19.2 Å². The average Bonchev–Trinajstić information content (AvgIpc) is 2.87. The summed E-state index contributed by atoms with van der Waals surface area (Å²) in [5.74, 6) is -1.91. The highest BCUT2D eigenvalue weighted by atomic mass is 16.5. The molecule has 0 heterocycles. The smallest absolute Gasteiger partial charge is 0.328 e. The van der Waals surface area contributed by atoms with Crippen LogP contribution < -0.4 is 16.0 Å². The summed E-state index contributed by atoms with van der Waals surface area (Å²) in [4.78, 5) is 51.3. The van der Waals surface area contributed by atoms with E-state index in [0.29, 0.717) is 12.0 Å². The van der Waals surface area contributed by atoms with E-state index in [1.54, 1.807) is 30.3 Å². The van der Waals surface area contributed by atoms with Crippen molar-refractivity contribution in [2.75, 3.05) is 7.11 Å². The number of nitrogens with one attached hydrogen (secondary N) is 3. The largest absolute Gasteiger partial charge is 0.467 e. The Kier molecular flexibility index (Phi) is 11.4. The van der Waals surface area contributed by atoms with Crippen LogP contribution in [0.2, 0.25) is 0 Å². The van der Waals surface area contributed by atoms with Crippen LogP contribution in [0.25, 0.3) is 0 Å². The van der Waals surface area contributed by atoms with E-state index >= 15 is 0 Å². The Labute approximate surface area is 212 Å². The molecular weight excluding hydrogens is 458 g/mol. The number of carbonyl (C=O) groups excluding carboxylic acids is 4. The monoisotopic (exact) mass is 493 g/mol. The number of ether oxygens (including phenoxy) is 1. The van der Waals surface area contributed by atoms with Crippen LogP contribution in [0.5, 0.6) is 0 Å². The van der Waals surface area contributed by atoms with Gasteiger partial charge in [0, 0.05) is 12.0 Å². The summed E-state index contributed by atoms with van der Waals surface area (Å²) in [6.45, 7) is 7.55. The lowest BCUT2D eigenvalue weighted by molar-refractivity contribution is -0.145. The molecule has 3 N–H and O–H groups in total. The number of rotatable bonds is 13. The highest BCUT2D eigenvalue weighted by Crippen LogP contribution is 2.09. The van der Waals surface area contributed by atoms with Gasteiger partial charge in [-0.25, -0.2) is 4.79 Å². The third-order valence-electron chi connectivity index (χ3n) is 5.49. The quantitative estimate of drug-likeness (QED) is 0.293. The van der Waals surface area contributed by atoms with Crippen LogP contribution in [-0.4, -0.2) is 48.9 Å². The van der Waals surface area contributed by atoms with Gasteiger partial charge in [-0.05, 0) is 36.5 Å². The van der Waals surface area contributed by atoms with Gasteiger partial charge in [-0.3, -0.25) is 14.4 Å². The molecule has 36 heavy (non-hydrogen) atoms. The standard InChI is InChI=1S/C28H35N3O5/c1-5-12-22(26(33)31-24(28(35)36-4)18-20-13-8-6-9-14-20)29-27(34)23(17-19(2)3)30-25(32)21-15-10-7-11-16-21/h5-11,13-16,19,22-24H,1,12,17-18H2,2-4H3,(H,29,34)(H,30,32)(H,31,33)/t22?,23-,24-/m0/s1. The maximum Gasteiger partial charge on any atom is 0.328 e. The van der Waals surface area contributed by atoms with Crippen molar-refractivity contribution in [3.05, 3.63) is 84.4 Å².